The van der Waals surface area contributed by atoms with Crippen LogP contribution in [0.1, 0.15) is 43.0 Å². The number of hydrogen-bond acceptors (Lipinski definition) is 10. The lowest BCUT2D eigenvalue weighted by Gasteiger charge is -2.38. The van der Waals surface area contributed by atoms with Crippen LogP contribution in [0.2, 0.25) is 0 Å². The fourth-order valence-corrected chi connectivity index (χ4v) is 5.73. The largest absolute Gasteiger partial charge is 0.622 e. The number of likely N-dealkylation sites (N-methyl/N-ethyl adjacent to an activating group) is 1. The quantitative estimate of drug-likeness (QED) is 0.242. The third-order valence-electron chi connectivity index (χ3n) is 4.78. The van der Waals surface area contributed by atoms with E-state index in [1.807, 2.05) is 6.92 Å². The van der Waals surface area contributed by atoms with Gasteiger partial charge >= 0.3 is 11.1 Å². The van der Waals surface area contributed by atoms with Crippen molar-refractivity contribution in [3.8, 4) is 0 Å². The van der Waals surface area contributed by atoms with Crippen LogP contribution in [0.15, 0.2) is 28.9 Å². The Morgan fingerprint density at radius 2 is 2.17 bits per heavy atom. The van der Waals surface area contributed by atoms with Gasteiger partial charge in [-0.2, -0.15) is 0 Å². The van der Waals surface area contributed by atoms with Crippen LogP contribution >= 0.6 is 11.3 Å². The standard InChI is InChI=1S/C18H25N5O5S2/c1-3-4-5-6-10-30(26,27)18-21-20-17(29-18)23(25)13-22(2)12-15(23)28-16(24)14-8-7-9-19-11-14/h7-9,11,15H,3-6,10,12-13H2,1-2H3. The van der Waals surface area contributed by atoms with Crippen molar-refractivity contribution in [2.24, 2.45) is 0 Å². The highest BCUT2D eigenvalue weighted by molar-refractivity contribution is 7.93. The number of hydrogen-bond donors (Lipinski definition) is 0. The number of carbonyl (C=O) groups excluding carboxylic acids is 1. The highest BCUT2D eigenvalue weighted by atomic mass is 32.2. The molecule has 0 radical (unpaired) electrons. The monoisotopic (exact) mass is 455 g/mol. The van der Waals surface area contributed by atoms with E-state index in [1.165, 1.54) is 12.4 Å². The van der Waals surface area contributed by atoms with Gasteiger partial charge in [-0.1, -0.05) is 31.3 Å². The molecule has 1 fully saturated rings. The molecule has 30 heavy (non-hydrogen) atoms. The van der Waals surface area contributed by atoms with Crippen molar-refractivity contribution in [1.29, 1.82) is 0 Å². The molecule has 0 aliphatic carbocycles. The predicted molar refractivity (Wildman–Crippen MR) is 112 cm³/mol. The molecule has 0 aromatic carbocycles. The first kappa shape index (κ1) is 22.7. The summed E-state index contributed by atoms with van der Waals surface area (Å²) in [5.41, 5.74) is 0.228. The Morgan fingerprint density at radius 1 is 1.37 bits per heavy atom. The van der Waals surface area contributed by atoms with Gasteiger partial charge in [0.1, 0.15) is 6.67 Å². The van der Waals surface area contributed by atoms with Crippen molar-refractivity contribution in [1.82, 2.24) is 24.7 Å². The third-order valence-corrected chi connectivity index (χ3v) is 8.06. The van der Waals surface area contributed by atoms with Crippen molar-refractivity contribution in [3.63, 3.8) is 0 Å². The molecular weight excluding hydrogens is 430 g/mol. The second-order valence-corrected chi connectivity index (χ2v) is 10.5. The summed E-state index contributed by atoms with van der Waals surface area (Å²) in [6.45, 7) is 2.21. The van der Waals surface area contributed by atoms with Gasteiger partial charge in [-0.05, 0) is 36.9 Å². The molecule has 1 aliphatic heterocycles. The number of aromatic nitrogens is 3. The van der Waals surface area contributed by atoms with Gasteiger partial charge in [-0.25, -0.2) is 18.1 Å². The summed E-state index contributed by atoms with van der Waals surface area (Å²) in [7, 11) is -1.89. The zero-order valence-corrected chi connectivity index (χ0v) is 18.6. The lowest BCUT2D eigenvalue weighted by molar-refractivity contribution is 0.00555. The molecule has 3 rings (SSSR count). The molecule has 0 spiro atoms. The van der Waals surface area contributed by atoms with Crippen LogP contribution in [0.4, 0.5) is 5.13 Å². The summed E-state index contributed by atoms with van der Waals surface area (Å²) in [4.78, 5) is 18.0. The van der Waals surface area contributed by atoms with Gasteiger partial charge in [-0.15, -0.1) is 5.10 Å². The maximum absolute atomic E-state index is 13.6. The minimum atomic E-state index is -3.61. The van der Waals surface area contributed by atoms with E-state index >= 15 is 0 Å². The van der Waals surface area contributed by atoms with Crippen LogP contribution in [-0.4, -0.2) is 66.7 Å². The Balaban J connectivity index is 1.77. The lowest BCUT2D eigenvalue weighted by Crippen LogP contribution is -2.50. The second kappa shape index (κ2) is 9.43. The van der Waals surface area contributed by atoms with Crippen molar-refractivity contribution >= 4 is 32.3 Å². The zero-order valence-electron chi connectivity index (χ0n) is 16.9. The number of carbonyl (C=O) groups is 1. The molecule has 0 saturated carbocycles. The SMILES string of the molecule is CCCCCCS(=O)(=O)c1nnc([N+]2([O-])CN(C)CC2OC(=O)c2cccnc2)s1. The highest BCUT2D eigenvalue weighted by Gasteiger charge is 2.46. The lowest BCUT2D eigenvalue weighted by atomic mass is 10.2. The van der Waals surface area contributed by atoms with E-state index in [0.29, 0.717) is 6.42 Å². The first-order valence-corrected chi connectivity index (χ1v) is 12.2. The molecule has 10 nitrogen and oxygen atoms in total. The average Bonchev–Trinajstić information content (AvgIpc) is 3.32. The van der Waals surface area contributed by atoms with Gasteiger partial charge < -0.3 is 9.94 Å². The number of sulfone groups is 1. The molecule has 12 heteroatoms. The topological polar surface area (TPSA) is 125 Å². The molecule has 2 aromatic rings. The van der Waals surface area contributed by atoms with Crippen LogP contribution in [0.3, 0.4) is 0 Å². The third kappa shape index (κ3) is 5.01. The van der Waals surface area contributed by atoms with Crippen molar-refractivity contribution in [2.75, 3.05) is 26.0 Å². The molecule has 0 N–H and O–H groups in total. The van der Waals surface area contributed by atoms with Gasteiger partial charge in [-0.3, -0.25) is 9.63 Å². The molecule has 3 heterocycles. The Hall–Kier alpha value is -1.99. The van der Waals surface area contributed by atoms with E-state index in [9.17, 15) is 18.4 Å². The van der Waals surface area contributed by atoms with Gasteiger partial charge in [0.25, 0.3) is 6.23 Å². The van der Waals surface area contributed by atoms with Gasteiger partial charge in [0.05, 0.1) is 17.9 Å². The maximum atomic E-state index is 13.6. The maximum Gasteiger partial charge on any atom is 0.344 e. The molecule has 2 atom stereocenters. The Bertz CT molecular complexity index is 968. The first-order valence-electron chi connectivity index (χ1n) is 9.71. The molecule has 2 unspecified atom stereocenters. The van der Waals surface area contributed by atoms with E-state index < -0.39 is 26.7 Å². The number of unbranched alkanes of at least 4 members (excludes halogenated alkanes) is 3. The molecule has 0 bridgehead atoms. The summed E-state index contributed by atoms with van der Waals surface area (Å²) >= 11 is 0.748. The van der Waals surface area contributed by atoms with Crippen LogP contribution in [-0.2, 0) is 14.6 Å². The van der Waals surface area contributed by atoms with Crippen molar-refractivity contribution < 1.29 is 17.9 Å². The minimum Gasteiger partial charge on any atom is -0.622 e. The summed E-state index contributed by atoms with van der Waals surface area (Å²) in [6, 6.07) is 3.14. The smallest absolute Gasteiger partial charge is 0.344 e. The fourth-order valence-electron chi connectivity index (χ4n) is 3.17. The molecule has 1 aliphatic rings. The van der Waals surface area contributed by atoms with Crippen LogP contribution < -0.4 is 4.65 Å². The van der Waals surface area contributed by atoms with Crippen molar-refractivity contribution in [3.05, 3.63) is 35.3 Å². The van der Waals surface area contributed by atoms with E-state index in [2.05, 4.69) is 15.2 Å². The average molecular weight is 456 g/mol. The number of pyridine rings is 1. The Labute approximate surface area is 179 Å². The van der Waals surface area contributed by atoms with Crippen molar-refractivity contribution in [2.45, 2.75) is 43.2 Å². The number of rotatable bonds is 9. The van der Waals surface area contributed by atoms with E-state index in [4.69, 9.17) is 4.74 Å². The normalized spacial score (nSPS) is 22.3. The van der Waals surface area contributed by atoms with E-state index in [0.717, 1.165) is 30.6 Å². The van der Waals surface area contributed by atoms with Crippen LogP contribution in [0.25, 0.3) is 0 Å². The second-order valence-electron chi connectivity index (χ2n) is 7.31. The molecule has 2 aromatic heterocycles. The molecule has 164 valence electrons. The molecular formula is C18H25N5O5S2. The van der Waals surface area contributed by atoms with E-state index in [-0.39, 0.29) is 34.0 Å². The predicted octanol–water partition coefficient (Wildman–Crippen LogP) is 2.18. The summed E-state index contributed by atoms with van der Waals surface area (Å²) in [6.07, 6.45) is 5.13. The number of esters is 1. The van der Waals surface area contributed by atoms with Gasteiger partial charge in [0.2, 0.25) is 14.2 Å². The van der Waals surface area contributed by atoms with Gasteiger partial charge in [0.15, 0.2) is 0 Å². The highest BCUT2D eigenvalue weighted by Crippen LogP contribution is 2.35. The van der Waals surface area contributed by atoms with E-state index in [1.54, 1.807) is 24.1 Å². The number of nitrogens with zero attached hydrogens (tertiary/aromatic N) is 5. The minimum absolute atomic E-state index is 0.0280. The molecule has 0 amide bonds. The number of ether oxygens (including phenoxy) is 1. The number of hydroxylamine groups is 2. The summed E-state index contributed by atoms with van der Waals surface area (Å²) < 4.78 is 29.3. The Kier molecular flexibility index (Phi) is 7.14. The summed E-state index contributed by atoms with van der Waals surface area (Å²) in [5, 5.41) is 21.2. The fraction of sp³-hybridized carbons (Fsp3) is 0.556. The Morgan fingerprint density at radius 3 is 2.87 bits per heavy atom. The first-order chi connectivity index (χ1) is 14.3. The molecule has 1 saturated heterocycles. The summed E-state index contributed by atoms with van der Waals surface area (Å²) in [5.74, 6) is -0.699. The van der Waals surface area contributed by atoms with Crippen LogP contribution in [0, 0.1) is 5.21 Å². The number of quaternary nitrogens is 1. The zero-order chi connectivity index (χ0) is 21.8. The van der Waals surface area contributed by atoms with Crippen LogP contribution in [0.5, 0.6) is 0 Å². The van der Waals surface area contributed by atoms with Gasteiger partial charge in [0, 0.05) is 12.4 Å².